The van der Waals surface area contributed by atoms with Gasteiger partial charge in [-0.05, 0) is 4.92 Å². The first-order chi connectivity index (χ1) is 5.65. The second-order valence-electron chi connectivity index (χ2n) is 2.01. The molecule has 0 amide bonds. The summed E-state index contributed by atoms with van der Waals surface area (Å²) < 4.78 is 4.34. The average molecular weight is 170 g/mol. The zero-order chi connectivity index (χ0) is 9.14. The van der Waals surface area contributed by atoms with Gasteiger partial charge in [0.1, 0.15) is 0 Å². The van der Waals surface area contributed by atoms with Crippen LogP contribution in [0.4, 0.5) is 5.82 Å². The van der Waals surface area contributed by atoms with Crippen LogP contribution < -0.4 is 0 Å². The molecule has 0 radical (unpaired) electrons. The molecule has 64 valence electrons. The molecule has 6 nitrogen and oxygen atoms in total. The fourth-order valence-corrected chi connectivity index (χ4v) is 0.719. The number of nitrogens with one attached hydrogen (secondary N) is 1. The molecule has 0 aliphatic carbocycles. The second kappa shape index (κ2) is 3.04. The van der Waals surface area contributed by atoms with Gasteiger partial charge in [0.2, 0.25) is 5.69 Å². The van der Waals surface area contributed by atoms with Crippen molar-refractivity contribution in [1.82, 2.24) is 4.98 Å². The molecule has 1 N–H and O–H groups in total. The highest BCUT2D eigenvalue weighted by Crippen LogP contribution is 2.09. The van der Waals surface area contributed by atoms with Gasteiger partial charge in [0.05, 0.1) is 7.11 Å². The normalized spacial score (nSPS) is 9.42. The van der Waals surface area contributed by atoms with E-state index in [0.717, 1.165) is 0 Å². The van der Waals surface area contributed by atoms with Crippen LogP contribution >= 0.6 is 0 Å². The molecule has 0 aliphatic rings. The molecule has 0 saturated heterocycles. The summed E-state index contributed by atoms with van der Waals surface area (Å²) in [5, 5.41) is 10.1. The third-order valence-corrected chi connectivity index (χ3v) is 1.27. The number of H-pyrrole nitrogens is 1. The molecule has 1 aromatic rings. The molecule has 0 spiro atoms. The van der Waals surface area contributed by atoms with Crippen molar-refractivity contribution >= 4 is 11.8 Å². The van der Waals surface area contributed by atoms with Crippen molar-refractivity contribution < 1.29 is 14.5 Å². The lowest BCUT2D eigenvalue weighted by atomic mass is 10.4. The SMILES string of the molecule is COC(=O)c1ccc([N+](=O)[O-])[nH]1. The van der Waals surface area contributed by atoms with Gasteiger partial charge in [-0.1, -0.05) is 0 Å². The first-order valence-corrected chi connectivity index (χ1v) is 3.07. The highest BCUT2D eigenvalue weighted by Gasteiger charge is 2.14. The predicted octanol–water partition coefficient (Wildman–Crippen LogP) is 0.709. The van der Waals surface area contributed by atoms with Crippen LogP contribution in [0.15, 0.2) is 12.1 Å². The van der Waals surface area contributed by atoms with E-state index < -0.39 is 10.9 Å². The van der Waals surface area contributed by atoms with Gasteiger partial charge in [-0.2, -0.15) is 0 Å². The lowest BCUT2D eigenvalue weighted by Gasteiger charge is -1.90. The molecule has 0 unspecified atom stereocenters. The van der Waals surface area contributed by atoms with E-state index in [1.807, 2.05) is 0 Å². The fraction of sp³-hybridized carbons (Fsp3) is 0.167. The van der Waals surface area contributed by atoms with E-state index in [4.69, 9.17) is 0 Å². The van der Waals surface area contributed by atoms with Gasteiger partial charge in [-0.15, -0.1) is 0 Å². The van der Waals surface area contributed by atoms with Crippen molar-refractivity contribution in [1.29, 1.82) is 0 Å². The zero-order valence-electron chi connectivity index (χ0n) is 6.23. The Kier molecular flexibility index (Phi) is 2.09. The van der Waals surface area contributed by atoms with Crippen LogP contribution in [0.5, 0.6) is 0 Å². The van der Waals surface area contributed by atoms with E-state index in [0.29, 0.717) is 0 Å². The van der Waals surface area contributed by atoms with E-state index in [1.165, 1.54) is 19.2 Å². The summed E-state index contributed by atoms with van der Waals surface area (Å²) >= 11 is 0. The maximum atomic E-state index is 10.8. The summed E-state index contributed by atoms with van der Waals surface area (Å²) in [6, 6.07) is 2.50. The maximum absolute atomic E-state index is 10.8. The van der Waals surface area contributed by atoms with Crippen LogP contribution in [0.25, 0.3) is 0 Å². The molecule has 0 atom stereocenters. The molecule has 0 fully saturated rings. The van der Waals surface area contributed by atoms with Crippen molar-refractivity contribution in [2.24, 2.45) is 0 Å². The number of carbonyl (C=O) groups excluding carboxylic acids is 1. The van der Waals surface area contributed by atoms with E-state index in [1.54, 1.807) is 0 Å². The van der Waals surface area contributed by atoms with Gasteiger partial charge in [-0.3, -0.25) is 0 Å². The number of hydrogen-bond donors (Lipinski definition) is 1. The van der Waals surface area contributed by atoms with Crippen molar-refractivity contribution in [3.8, 4) is 0 Å². The smallest absolute Gasteiger partial charge is 0.378 e. The third-order valence-electron chi connectivity index (χ3n) is 1.27. The molecular formula is C6H6N2O4. The second-order valence-corrected chi connectivity index (χ2v) is 2.01. The Balaban J connectivity index is 2.91. The molecule has 0 aliphatic heterocycles. The van der Waals surface area contributed by atoms with Gasteiger partial charge < -0.3 is 14.9 Å². The van der Waals surface area contributed by atoms with E-state index in [9.17, 15) is 14.9 Å². The van der Waals surface area contributed by atoms with Crippen LogP contribution in [0.3, 0.4) is 0 Å². The molecule has 0 bridgehead atoms. The number of ether oxygens (including phenoxy) is 1. The number of hydrogen-bond acceptors (Lipinski definition) is 4. The molecule has 1 heterocycles. The summed E-state index contributed by atoms with van der Waals surface area (Å²) in [6.45, 7) is 0. The Morgan fingerprint density at radius 1 is 1.67 bits per heavy atom. The molecule has 6 heteroatoms. The summed E-state index contributed by atoms with van der Waals surface area (Å²) in [6.07, 6.45) is 0. The van der Waals surface area contributed by atoms with E-state index >= 15 is 0 Å². The van der Waals surface area contributed by atoms with Crippen molar-refractivity contribution in [2.45, 2.75) is 0 Å². The van der Waals surface area contributed by atoms with Gasteiger partial charge in [0.15, 0.2) is 0 Å². The van der Waals surface area contributed by atoms with Crippen LogP contribution in [0.2, 0.25) is 0 Å². The lowest BCUT2D eigenvalue weighted by molar-refractivity contribution is -0.389. The summed E-state index contributed by atoms with van der Waals surface area (Å²) in [5.41, 5.74) is 0.0733. The number of methoxy groups -OCH3 is 1. The van der Waals surface area contributed by atoms with Crippen LogP contribution in [-0.4, -0.2) is 23.0 Å². The van der Waals surface area contributed by atoms with Gasteiger partial charge in [-0.25, -0.2) is 9.78 Å². The number of nitro groups is 1. The zero-order valence-corrected chi connectivity index (χ0v) is 6.23. The Morgan fingerprint density at radius 3 is 2.75 bits per heavy atom. The predicted molar refractivity (Wildman–Crippen MR) is 38.8 cm³/mol. The van der Waals surface area contributed by atoms with Crippen molar-refractivity contribution in [3.05, 3.63) is 27.9 Å². The number of esters is 1. The number of carbonyl (C=O) groups is 1. The van der Waals surface area contributed by atoms with Crippen LogP contribution in [-0.2, 0) is 4.74 Å². The van der Waals surface area contributed by atoms with E-state index in [-0.39, 0.29) is 11.5 Å². The van der Waals surface area contributed by atoms with Crippen LogP contribution in [0.1, 0.15) is 10.5 Å². The fourth-order valence-electron chi connectivity index (χ4n) is 0.719. The molecular weight excluding hydrogens is 164 g/mol. The quantitative estimate of drug-likeness (QED) is 0.402. The third kappa shape index (κ3) is 1.42. The minimum atomic E-state index is -0.622. The Morgan fingerprint density at radius 2 is 2.33 bits per heavy atom. The van der Waals surface area contributed by atoms with Gasteiger partial charge in [0.25, 0.3) is 0 Å². The van der Waals surface area contributed by atoms with E-state index in [2.05, 4.69) is 9.72 Å². The Bertz CT molecular complexity index is 317. The number of nitrogens with zero attached hydrogens (tertiary/aromatic N) is 1. The lowest BCUT2D eigenvalue weighted by Crippen LogP contribution is -2.01. The van der Waals surface area contributed by atoms with Crippen LogP contribution in [0, 0.1) is 10.1 Å². The highest BCUT2D eigenvalue weighted by molar-refractivity contribution is 5.87. The largest absolute Gasteiger partial charge is 0.463 e. The molecule has 12 heavy (non-hydrogen) atoms. The minimum absolute atomic E-state index is 0.0733. The highest BCUT2D eigenvalue weighted by atomic mass is 16.6. The van der Waals surface area contributed by atoms with Gasteiger partial charge in [0, 0.05) is 12.1 Å². The topological polar surface area (TPSA) is 85.2 Å². The van der Waals surface area contributed by atoms with Gasteiger partial charge >= 0.3 is 11.8 Å². The monoisotopic (exact) mass is 170 g/mol. The number of rotatable bonds is 2. The summed E-state index contributed by atoms with van der Waals surface area (Å²) in [5.74, 6) is -0.849. The number of aromatic nitrogens is 1. The first kappa shape index (κ1) is 8.25. The van der Waals surface area contributed by atoms with Crippen molar-refractivity contribution in [3.63, 3.8) is 0 Å². The summed E-state index contributed by atoms with van der Waals surface area (Å²) in [7, 11) is 1.20. The summed E-state index contributed by atoms with van der Waals surface area (Å²) in [4.78, 5) is 22.6. The molecule has 1 rings (SSSR count). The minimum Gasteiger partial charge on any atom is -0.463 e. The average Bonchev–Trinajstić information content (AvgIpc) is 2.51. The maximum Gasteiger partial charge on any atom is 0.378 e. The first-order valence-electron chi connectivity index (χ1n) is 3.07. The Labute approximate surface area is 67.3 Å². The molecule has 0 aromatic carbocycles. The number of aromatic amines is 1. The standard InChI is InChI=1S/C6H6N2O4/c1-12-6(9)4-2-3-5(7-4)8(10)11/h2-3,7H,1H3. The molecule has 1 aromatic heterocycles. The van der Waals surface area contributed by atoms with Crippen molar-refractivity contribution in [2.75, 3.05) is 7.11 Å². The Hall–Kier alpha value is -1.85. The molecule has 0 saturated carbocycles.